The van der Waals surface area contributed by atoms with E-state index in [4.69, 9.17) is 4.98 Å². The van der Waals surface area contributed by atoms with Crippen molar-refractivity contribution in [1.29, 1.82) is 0 Å². The second-order valence-electron chi connectivity index (χ2n) is 7.62. The van der Waals surface area contributed by atoms with Gasteiger partial charge in [0.1, 0.15) is 10.7 Å². The van der Waals surface area contributed by atoms with E-state index in [1.807, 2.05) is 61.5 Å². The second-order valence-corrected chi connectivity index (χ2v) is 8.65. The Kier molecular flexibility index (Phi) is 6.14. The van der Waals surface area contributed by atoms with Gasteiger partial charge in [-0.15, -0.1) is 11.3 Å². The summed E-state index contributed by atoms with van der Waals surface area (Å²) in [5.74, 6) is -0.687. The summed E-state index contributed by atoms with van der Waals surface area (Å²) in [5.41, 5.74) is 5.88. The molecule has 4 aromatic rings. The number of aryl methyl sites for hydroxylation is 2. The number of amides is 2. The maximum atomic E-state index is 12.9. The average molecular weight is 442 g/mol. The molecule has 2 amide bonds. The fourth-order valence-corrected chi connectivity index (χ4v) is 4.37. The molecular weight excluding hydrogens is 418 g/mol. The van der Waals surface area contributed by atoms with Crippen LogP contribution in [-0.4, -0.2) is 16.8 Å². The maximum Gasteiger partial charge on any atom is 0.272 e. The minimum Gasteiger partial charge on any atom is -0.322 e. The van der Waals surface area contributed by atoms with Crippen LogP contribution < -0.4 is 10.6 Å². The molecule has 0 spiro atoms. The third-order valence-electron chi connectivity index (χ3n) is 4.98. The predicted octanol–water partition coefficient (Wildman–Crippen LogP) is 5.70. The molecule has 0 unspecified atom stereocenters. The zero-order valence-corrected chi connectivity index (χ0v) is 18.9. The van der Waals surface area contributed by atoms with Gasteiger partial charge in [-0.25, -0.2) is 4.98 Å². The summed E-state index contributed by atoms with van der Waals surface area (Å²) in [6.45, 7) is 5.41. The zero-order valence-electron chi connectivity index (χ0n) is 18.1. The van der Waals surface area contributed by atoms with Gasteiger partial charge in [-0.1, -0.05) is 30.3 Å². The monoisotopic (exact) mass is 441 g/mol. The first-order valence-corrected chi connectivity index (χ1v) is 11.0. The molecule has 160 valence electrons. The van der Waals surface area contributed by atoms with E-state index in [9.17, 15) is 9.59 Å². The van der Waals surface area contributed by atoms with Crippen molar-refractivity contribution in [3.05, 3.63) is 89.1 Å². The molecule has 0 bridgehead atoms. The highest BCUT2D eigenvalue weighted by Crippen LogP contribution is 2.31. The van der Waals surface area contributed by atoms with E-state index in [1.54, 1.807) is 17.4 Å². The van der Waals surface area contributed by atoms with Gasteiger partial charge in [0.2, 0.25) is 5.91 Å². The van der Waals surface area contributed by atoms with Crippen molar-refractivity contribution < 1.29 is 9.59 Å². The van der Waals surface area contributed by atoms with Crippen LogP contribution in [0.15, 0.2) is 72.4 Å². The van der Waals surface area contributed by atoms with Crippen molar-refractivity contribution in [2.45, 2.75) is 20.8 Å². The van der Waals surface area contributed by atoms with Crippen LogP contribution in [0.4, 0.5) is 5.69 Å². The van der Waals surface area contributed by atoms with Gasteiger partial charge >= 0.3 is 0 Å². The van der Waals surface area contributed by atoms with Crippen LogP contribution in [0, 0.1) is 13.8 Å². The molecular formula is C26H23N3O2S. The van der Waals surface area contributed by atoms with Gasteiger partial charge in [-0.3, -0.25) is 9.59 Å². The van der Waals surface area contributed by atoms with Gasteiger partial charge in [-0.05, 0) is 73.0 Å². The van der Waals surface area contributed by atoms with Crippen LogP contribution >= 0.6 is 11.3 Å². The lowest BCUT2D eigenvalue weighted by molar-refractivity contribution is -0.120. The Bertz CT molecular complexity index is 1340. The molecule has 1 heterocycles. The molecule has 0 aliphatic heterocycles. The Labute approximate surface area is 190 Å². The van der Waals surface area contributed by atoms with Gasteiger partial charge in [0, 0.05) is 18.2 Å². The molecule has 0 saturated heterocycles. The standard InChI is InChI=1S/C26H23N3O2S/c1-16-8-13-22-24(14-16)32-26(29-22)19-9-11-21(12-10-19)28-25(31)23(27-18(3)30)15-20-7-5-4-6-17(20)2/h4-15H,1-3H3,(H,27,30)(H,28,31). The van der Waals surface area contributed by atoms with Gasteiger partial charge in [0.15, 0.2) is 0 Å². The summed E-state index contributed by atoms with van der Waals surface area (Å²) in [7, 11) is 0. The number of nitrogens with zero attached hydrogens (tertiary/aromatic N) is 1. The van der Waals surface area contributed by atoms with Crippen LogP contribution in [0.3, 0.4) is 0 Å². The van der Waals surface area contributed by atoms with Crippen molar-refractivity contribution in [2.75, 3.05) is 5.32 Å². The number of benzene rings is 3. The summed E-state index contributed by atoms with van der Waals surface area (Å²) in [4.78, 5) is 29.2. The Hall–Kier alpha value is -3.77. The highest BCUT2D eigenvalue weighted by molar-refractivity contribution is 7.21. The Morgan fingerprint density at radius 2 is 1.72 bits per heavy atom. The predicted molar refractivity (Wildman–Crippen MR) is 131 cm³/mol. The molecule has 0 radical (unpaired) electrons. The molecule has 6 heteroatoms. The number of carbonyl (C=O) groups is 2. The van der Waals surface area contributed by atoms with Crippen molar-refractivity contribution in [3.63, 3.8) is 0 Å². The van der Waals surface area contributed by atoms with Gasteiger partial charge in [0.05, 0.1) is 10.2 Å². The molecule has 2 N–H and O–H groups in total. The third-order valence-corrected chi connectivity index (χ3v) is 6.04. The third kappa shape index (κ3) is 4.92. The number of nitrogens with one attached hydrogen (secondary N) is 2. The Morgan fingerprint density at radius 3 is 2.44 bits per heavy atom. The number of hydrogen-bond acceptors (Lipinski definition) is 4. The van der Waals surface area contributed by atoms with Crippen molar-refractivity contribution in [1.82, 2.24) is 10.3 Å². The zero-order chi connectivity index (χ0) is 22.7. The molecule has 1 aromatic heterocycles. The quantitative estimate of drug-likeness (QED) is 0.391. The SMILES string of the molecule is CC(=O)NC(=Cc1ccccc1C)C(=O)Nc1ccc(-c2nc3ccc(C)cc3s2)cc1. The van der Waals surface area contributed by atoms with Gasteiger partial charge < -0.3 is 10.6 Å². The number of anilines is 1. The molecule has 32 heavy (non-hydrogen) atoms. The fourth-order valence-electron chi connectivity index (χ4n) is 3.30. The molecule has 4 rings (SSSR count). The fraction of sp³-hybridized carbons (Fsp3) is 0.115. The van der Waals surface area contributed by atoms with E-state index in [2.05, 4.69) is 29.7 Å². The Morgan fingerprint density at radius 1 is 0.969 bits per heavy atom. The Balaban J connectivity index is 1.55. The molecule has 0 aliphatic carbocycles. The van der Waals surface area contributed by atoms with Crippen LogP contribution in [-0.2, 0) is 9.59 Å². The van der Waals surface area contributed by atoms with Gasteiger partial charge in [-0.2, -0.15) is 0 Å². The topological polar surface area (TPSA) is 71.1 Å². The lowest BCUT2D eigenvalue weighted by Crippen LogP contribution is -2.29. The van der Waals surface area contributed by atoms with Crippen LogP contribution in [0.5, 0.6) is 0 Å². The lowest BCUT2D eigenvalue weighted by Gasteiger charge is -2.11. The maximum absolute atomic E-state index is 12.9. The minimum absolute atomic E-state index is 0.192. The normalized spacial score (nSPS) is 11.4. The molecule has 0 atom stereocenters. The minimum atomic E-state index is -0.383. The highest BCUT2D eigenvalue weighted by atomic mass is 32.1. The number of aromatic nitrogens is 1. The first kappa shape index (κ1) is 21.5. The van der Waals surface area contributed by atoms with Crippen molar-refractivity contribution >= 4 is 45.1 Å². The van der Waals surface area contributed by atoms with Crippen LogP contribution in [0.2, 0.25) is 0 Å². The van der Waals surface area contributed by atoms with E-state index in [1.165, 1.54) is 12.5 Å². The van der Waals surface area contributed by atoms with Crippen molar-refractivity contribution in [3.8, 4) is 10.6 Å². The smallest absolute Gasteiger partial charge is 0.272 e. The summed E-state index contributed by atoms with van der Waals surface area (Å²) in [5, 5.41) is 6.43. The number of hydrogen-bond donors (Lipinski definition) is 2. The largest absolute Gasteiger partial charge is 0.322 e. The van der Waals surface area contributed by atoms with E-state index in [0.717, 1.165) is 31.9 Å². The highest BCUT2D eigenvalue weighted by Gasteiger charge is 2.13. The second kappa shape index (κ2) is 9.16. The average Bonchev–Trinajstić information content (AvgIpc) is 3.18. The number of carbonyl (C=O) groups excluding carboxylic acids is 2. The summed E-state index contributed by atoms with van der Waals surface area (Å²) in [6, 6.07) is 21.4. The number of fused-ring (bicyclic) bond motifs is 1. The first-order valence-electron chi connectivity index (χ1n) is 10.2. The molecule has 5 nitrogen and oxygen atoms in total. The summed E-state index contributed by atoms with van der Waals surface area (Å²) in [6.07, 6.45) is 1.68. The van der Waals surface area contributed by atoms with E-state index >= 15 is 0 Å². The van der Waals surface area contributed by atoms with E-state index in [-0.39, 0.29) is 17.5 Å². The van der Waals surface area contributed by atoms with E-state index < -0.39 is 0 Å². The summed E-state index contributed by atoms with van der Waals surface area (Å²) < 4.78 is 1.15. The molecule has 0 fully saturated rings. The number of thiazole rings is 1. The molecule has 0 saturated carbocycles. The lowest BCUT2D eigenvalue weighted by atomic mass is 10.1. The van der Waals surface area contributed by atoms with Gasteiger partial charge in [0.25, 0.3) is 5.91 Å². The van der Waals surface area contributed by atoms with E-state index in [0.29, 0.717) is 5.69 Å². The van der Waals surface area contributed by atoms with Crippen molar-refractivity contribution in [2.24, 2.45) is 0 Å². The van der Waals surface area contributed by atoms with Crippen LogP contribution in [0.1, 0.15) is 23.6 Å². The first-order chi connectivity index (χ1) is 15.4. The summed E-state index contributed by atoms with van der Waals surface area (Å²) >= 11 is 1.64. The van der Waals surface area contributed by atoms with Crippen LogP contribution in [0.25, 0.3) is 26.9 Å². The molecule has 0 aliphatic rings. The molecule has 3 aromatic carbocycles. The number of rotatable bonds is 5.